The molecule has 20 heavy (non-hydrogen) atoms. The lowest BCUT2D eigenvalue weighted by Crippen LogP contribution is -2.04. The molecule has 0 amide bonds. The summed E-state index contributed by atoms with van der Waals surface area (Å²) in [6.07, 6.45) is 0. The number of thioether (sulfide) groups is 1. The molecule has 1 atom stereocenters. The van der Waals surface area contributed by atoms with Gasteiger partial charge in [0.1, 0.15) is 5.75 Å². The first-order valence-corrected chi connectivity index (χ1v) is 8.19. The summed E-state index contributed by atoms with van der Waals surface area (Å²) in [6.45, 7) is 2.00. The van der Waals surface area contributed by atoms with E-state index in [1.165, 1.54) is 10.5 Å². The molecule has 0 heterocycles. The number of ether oxygens (including phenoxy) is 1. The molecule has 2 aromatic rings. The summed E-state index contributed by atoms with van der Waals surface area (Å²) in [5.41, 5.74) is 8.26. The lowest BCUT2D eigenvalue weighted by atomic mass is 10.1. The van der Waals surface area contributed by atoms with Crippen molar-refractivity contribution in [3.8, 4) is 5.75 Å². The minimum absolute atomic E-state index is 0.0657. The van der Waals surface area contributed by atoms with Crippen molar-refractivity contribution in [1.82, 2.24) is 0 Å². The topological polar surface area (TPSA) is 35.2 Å². The van der Waals surface area contributed by atoms with Gasteiger partial charge < -0.3 is 10.5 Å². The number of methoxy groups -OCH3 is 1. The van der Waals surface area contributed by atoms with Crippen LogP contribution in [0, 0.1) is 0 Å². The van der Waals surface area contributed by atoms with Crippen molar-refractivity contribution in [3.05, 3.63) is 58.1 Å². The second-order valence-corrected chi connectivity index (χ2v) is 6.57. The van der Waals surface area contributed by atoms with Crippen molar-refractivity contribution in [3.63, 3.8) is 0 Å². The van der Waals surface area contributed by atoms with Gasteiger partial charge in [-0.15, -0.1) is 11.8 Å². The van der Waals surface area contributed by atoms with Gasteiger partial charge in [0.25, 0.3) is 0 Å². The van der Waals surface area contributed by atoms with Crippen LogP contribution in [0.1, 0.15) is 24.1 Å². The number of hydrogen-bond donors (Lipinski definition) is 1. The van der Waals surface area contributed by atoms with Crippen LogP contribution < -0.4 is 10.5 Å². The summed E-state index contributed by atoms with van der Waals surface area (Å²) < 4.78 is 6.46. The molecule has 2 nitrogen and oxygen atoms in total. The van der Waals surface area contributed by atoms with Crippen LogP contribution in [0.4, 0.5) is 0 Å². The van der Waals surface area contributed by atoms with Gasteiger partial charge in [-0.1, -0.05) is 28.1 Å². The molecule has 2 aromatic carbocycles. The van der Waals surface area contributed by atoms with Gasteiger partial charge in [-0.05, 0) is 42.8 Å². The van der Waals surface area contributed by atoms with Crippen LogP contribution in [-0.4, -0.2) is 7.11 Å². The van der Waals surface area contributed by atoms with E-state index < -0.39 is 0 Å². The quantitative estimate of drug-likeness (QED) is 0.788. The molecule has 2 rings (SSSR count). The maximum Gasteiger partial charge on any atom is 0.122 e. The Labute approximate surface area is 132 Å². The van der Waals surface area contributed by atoms with Crippen LogP contribution in [0.2, 0.25) is 0 Å². The third-order valence-electron chi connectivity index (χ3n) is 3.02. The first kappa shape index (κ1) is 15.4. The largest absolute Gasteiger partial charge is 0.496 e. The van der Waals surface area contributed by atoms with Gasteiger partial charge in [0.15, 0.2) is 0 Å². The highest BCUT2D eigenvalue weighted by Gasteiger charge is 2.06. The summed E-state index contributed by atoms with van der Waals surface area (Å²) in [5, 5.41) is 0. The van der Waals surface area contributed by atoms with Crippen molar-refractivity contribution in [1.29, 1.82) is 0 Å². The predicted octanol–water partition coefficient (Wildman–Crippen LogP) is 4.77. The van der Waals surface area contributed by atoms with E-state index in [-0.39, 0.29) is 6.04 Å². The lowest BCUT2D eigenvalue weighted by molar-refractivity contribution is 0.411. The number of benzene rings is 2. The molecular weight excluding hydrogens is 334 g/mol. The fraction of sp³-hybridized carbons (Fsp3) is 0.250. The van der Waals surface area contributed by atoms with E-state index >= 15 is 0 Å². The summed E-state index contributed by atoms with van der Waals surface area (Å²) in [5.74, 6) is 1.79. The minimum Gasteiger partial charge on any atom is -0.496 e. The van der Waals surface area contributed by atoms with Gasteiger partial charge in [0.05, 0.1) is 7.11 Å². The molecule has 4 heteroatoms. The molecule has 0 saturated heterocycles. The van der Waals surface area contributed by atoms with Crippen LogP contribution >= 0.6 is 27.7 Å². The molecule has 0 fully saturated rings. The van der Waals surface area contributed by atoms with Crippen LogP contribution in [-0.2, 0) is 5.75 Å². The predicted molar refractivity (Wildman–Crippen MR) is 89.3 cm³/mol. The first-order chi connectivity index (χ1) is 9.60. The molecule has 0 aromatic heterocycles. The van der Waals surface area contributed by atoms with Crippen LogP contribution in [0.15, 0.2) is 51.8 Å². The van der Waals surface area contributed by atoms with Crippen molar-refractivity contribution in [2.75, 3.05) is 7.11 Å². The van der Waals surface area contributed by atoms with Crippen LogP contribution in [0.25, 0.3) is 0 Å². The zero-order valence-corrected chi connectivity index (χ0v) is 14.0. The fourth-order valence-electron chi connectivity index (χ4n) is 1.91. The van der Waals surface area contributed by atoms with Gasteiger partial charge in [-0.3, -0.25) is 0 Å². The average Bonchev–Trinajstić information content (AvgIpc) is 2.45. The summed E-state index contributed by atoms with van der Waals surface area (Å²) in [4.78, 5) is 1.22. The van der Waals surface area contributed by atoms with Crippen molar-refractivity contribution in [2.24, 2.45) is 5.73 Å². The Bertz CT molecular complexity index is 586. The van der Waals surface area contributed by atoms with E-state index in [1.54, 1.807) is 18.9 Å². The Balaban J connectivity index is 2.12. The third-order valence-corrected chi connectivity index (χ3v) is 4.56. The maximum atomic E-state index is 5.92. The molecule has 106 valence electrons. The first-order valence-electron chi connectivity index (χ1n) is 6.41. The van der Waals surface area contributed by atoms with E-state index in [2.05, 4.69) is 46.3 Å². The zero-order valence-electron chi connectivity index (χ0n) is 11.6. The Morgan fingerprint density at radius 1 is 1.25 bits per heavy atom. The van der Waals surface area contributed by atoms with E-state index in [0.29, 0.717) is 0 Å². The van der Waals surface area contributed by atoms with E-state index in [9.17, 15) is 0 Å². The molecule has 0 saturated carbocycles. The van der Waals surface area contributed by atoms with E-state index in [4.69, 9.17) is 10.5 Å². The lowest BCUT2D eigenvalue weighted by Gasteiger charge is -2.10. The average molecular weight is 352 g/mol. The number of halogens is 1. The Hall–Kier alpha value is -0.970. The van der Waals surface area contributed by atoms with Gasteiger partial charge in [0, 0.05) is 26.7 Å². The Morgan fingerprint density at radius 3 is 2.75 bits per heavy atom. The number of rotatable bonds is 5. The fourth-order valence-corrected chi connectivity index (χ4v) is 3.26. The molecular formula is C16H18BrNOS. The summed E-state index contributed by atoms with van der Waals surface area (Å²) in [6, 6.07) is 14.5. The smallest absolute Gasteiger partial charge is 0.122 e. The zero-order chi connectivity index (χ0) is 14.5. The summed E-state index contributed by atoms with van der Waals surface area (Å²) >= 11 is 5.29. The number of hydrogen-bond acceptors (Lipinski definition) is 3. The minimum atomic E-state index is 0.0657. The van der Waals surface area contributed by atoms with Crippen molar-refractivity contribution < 1.29 is 4.74 Å². The molecule has 1 unspecified atom stereocenters. The highest BCUT2D eigenvalue weighted by molar-refractivity contribution is 9.10. The van der Waals surface area contributed by atoms with Crippen LogP contribution in [0.5, 0.6) is 5.75 Å². The molecule has 0 bridgehead atoms. The molecule has 0 radical (unpaired) electrons. The summed E-state index contributed by atoms with van der Waals surface area (Å²) in [7, 11) is 1.70. The SMILES string of the molecule is COc1ccc(Br)cc1CSc1cccc(C(C)N)c1. The third kappa shape index (κ3) is 4.01. The van der Waals surface area contributed by atoms with Crippen molar-refractivity contribution >= 4 is 27.7 Å². The van der Waals surface area contributed by atoms with E-state index in [1.807, 2.05) is 19.1 Å². The normalized spacial score (nSPS) is 12.2. The van der Waals surface area contributed by atoms with Gasteiger partial charge in [-0.2, -0.15) is 0 Å². The Morgan fingerprint density at radius 2 is 2.05 bits per heavy atom. The number of nitrogens with two attached hydrogens (primary N) is 1. The highest BCUT2D eigenvalue weighted by Crippen LogP contribution is 2.31. The molecule has 0 aliphatic rings. The van der Waals surface area contributed by atoms with Crippen LogP contribution in [0.3, 0.4) is 0 Å². The standard InChI is InChI=1S/C16H18BrNOS/c1-11(18)12-4-3-5-15(9-12)20-10-13-8-14(17)6-7-16(13)19-2/h3-9,11H,10,18H2,1-2H3. The Kier molecular flexibility index (Phi) is 5.52. The van der Waals surface area contributed by atoms with Gasteiger partial charge in [0.2, 0.25) is 0 Å². The maximum absolute atomic E-state index is 5.92. The van der Waals surface area contributed by atoms with E-state index in [0.717, 1.165) is 21.5 Å². The van der Waals surface area contributed by atoms with Crippen molar-refractivity contribution in [2.45, 2.75) is 23.6 Å². The molecule has 0 aliphatic carbocycles. The highest BCUT2D eigenvalue weighted by atomic mass is 79.9. The van der Waals surface area contributed by atoms with Gasteiger partial charge in [-0.25, -0.2) is 0 Å². The molecule has 2 N–H and O–H groups in total. The second-order valence-electron chi connectivity index (χ2n) is 4.61. The molecule has 0 aliphatic heterocycles. The molecule has 0 spiro atoms. The second kappa shape index (κ2) is 7.16. The van der Waals surface area contributed by atoms with Gasteiger partial charge >= 0.3 is 0 Å². The monoisotopic (exact) mass is 351 g/mol.